The Morgan fingerprint density at radius 3 is 2.64 bits per heavy atom. The number of nitrogens with zero attached hydrogens (tertiary/aromatic N) is 2. The monoisotopic (exact) mass is 198 g/mol. The normalized spacial score (nSPS) is 12.9. The summed E-state index contributed by atoms with van der Waals surface area (Å²) >= 11 is 0. The van der Waals surface area contributed by atoms with Gasteiger partial charge in [-0.2, -0.15) is 5.10 Å². The van der Waals surface area contributed by atoms with Gasteiger partial charge in [-0.25, -0.2) is 4.79 Å². The third-order valence-corrected chi connectivity index (χ3v) is 1.77. The molecule has 0 aromatic carbocycles. The van der Waals surface area contributed by atoms with Crippen LogP contribution in [0.25, 0.3) is 0 Å². The Bertz CT molecular complexity index is 320. The lowest BCUT2D eigenvalue weighted by Crippen LogP contribution is -2.22. The van der Waals surface area contributed by atoms with Gasteiger partial charge in [-0.1, -0.05) is 0 Å². The van der Waals surface area contributed by atoms with E-state index in [4.69, 9.17) is 9.84 Å². The third kappa shape index (κ3) is 2.48. The van der Waals surface area contributed by atoms with E-state index in [0.717, 1.165) is 0 Å². The van der Waals surface area contributed by atoms with Gasteiger partial charge >= 0.3 is 5.97 Å². The van der Waals surface area contributed by atoms with Gasteiger partial charge in [-0.3, -0.25) is 4.68 Å². The zero-order valence-corrected chi connectivity index (χ0v) is 8.47. The first-order valence-corrected chi connectivity index (χ1v) is 4.44. The fraction of sp³-hybridized carbons (Fsp3) is 0.556. The van der Waals surface area contributed by atoms with E-state index < -0.39 is 12.1 Å². The summed E-state index contributed by atoms with van der Waals surface area (Å²) in [5.41, 5.74) is 0. The molecule has 0 bridgehead atoms. The lowest BCUT2D eigenvalue weighted by molar-refractivity contribution is -0.144. The molecule has 1 rings (SSSR count). The van der Waals surface area contributed by atoms with Crippen molar-refractivity contribution in [1.82, 2.24) is 9.78 Å². The number of aliphatic carboxylic acids is 1. The molecule has 14 heavy (non-hydrogen) atoms. The summed E-state index contributed by atoms with van der Waals surface area (Å²) in [4.78, 5) is 10.5. The van der Waals surface area contributed by atoms with E-state index in [1.807, 2.05) is 13.8 Å². The van der Waals surface area contributed by atoms with Crippen LogP contribution in [0, 0.1) is 0 Å². The predicted octanol–water partition coefficient (Wildman–Crippen LogP) is 1.32. The molecule has 1 N–H and O–H groups in total. The van der Waals surface area contributed by atoms with Crippen molar-refractivity contribution in [3.8, 4) is 5.75 Å². The highest BCUT2D eigenvalue weighted by atomic mass is 16.5. The van der Waals surface area contributed by atoms with Crippen molar-refractivity contribution in [2.24, 2.45) is 0 Å². The second-order valence-electron chi connectivity index (χ2n) is 3.35. The molecule has 0 amide bonds. The zero-order valence-electron chi connectivity index (χ0n) is 8.47. The first kappa shape index (κ1) is 10.6. The van der Waals surface area contributed by atoms with Crippen molar-refractivity contribution in [1.29, 1.82) is 0 Å². The van der Waals surface area contributed by atoms with Crippen molar-refractivity contribution in [3.05, 3.63) is 12.4 Å². The van der Waals surface area contributed by atoms with Gasteiger partial charge in [0.05, 0.1) is 12.4 Å². The fourth-order valence-electron chi connectivity index (χ4n) is 0.918. The number of hydrogen-bond acceptors (Lipinski definition) is 3. The Kier molecular flexibility index (Phi) is 3.11. The number of hydrogen-bond donors (Lipinski definition) is 1. The minimum absolute atomic E-state index is 0.243. The van der Waals surface area contributed by atoms with Crippen LogP contribution in [-0.4, -0.2) is 27.0 Å². The van der Waals surface area contributed by atoms with Gasteiger partial charge < -0.3 is 9.84 Å². The topological polar surface area (TPSA) is 64.4 Å². The number of aromatic nitrogens is 2. The molecule has 0 saturated carbocycles. The minimum Gasteiger partial charge on any atom is -0.479 e. The van der Waals surface area contributed by atoms with Crippen molar-refractivity contribution in [2.75, 3.05) is 0 Å². The van der Waals surface area contributed by atoms with Crippen LogP contribution in [0.2, 0.25) is 0 Å². The molecule has 1 heterocycles. The van der Waals surface area contributed by atoms with Crippen LogP contribution < -0.4 is 4.74 Å². The molecule has 78 valence electrons. The second-order valence-corrected chi connectivity index (χ2v) is 3.35. The summed E-state index contributed by atoms with van der Waals surface area (Å²) in [7, 11) is 0. The predicted molar refractivity (Wildman–Crippen MR) is 50.3 cm³/mol. The van der Waals surface area contributed by atoms with Crippen LogP contribution in [0.1, 0.15) is 26.8 Å². The average molecular weight is 198 g/mol. The van der Waals surface area contributed by atoms with Crippen LogP contribution in [0.3, 0.4) is 0 Å². The van der Waals surface area contributed by atoms with E-state index in [1.54, 1.807) is 10.9 Å². The maximum absolute atomic E-state index is 10.5. The molecule has 0 saturated heterocycles. The van der Waals surface area contributed by atoms with Gasteiger partial charge in [0.15, 0.2) is 11.9 Å². The summed E-state index contributed by atoms with van der Waals surface area (Å²) in [5.74, 6) is -0.504. The Morgan fingerprint density at radius 1 is 1.57 bits per heavy atom. The quantitative estimate of drug-likeness (QED) is 0.792. The number of carboxylic acids is 1. The molecule has 1 aromatic rings. The zero-order chi connectivity index (χ0) is 10.7. The molecule has 0 fully saturated rings. The van der Waals surface area contributed by atoms with Crippen molar-refractivity contribution < 1.29 is 14.6 Å². The molecule has 5 heteroatoms. The molecular weight excluding hydrogens is 184 g/mol. The summed E-state index contributed by atoms with van der Waals surface area (Å²) in [5, 5.41) is 12.6. The number of carboxylic acid groups (broad SMARTS) is 1. The maximum Gasteiger partial charge on any atom is 0.344 e. The Balaban J connectivity index is 2.64. The van der Waals surface area contributed by atoms with Crippen LogP contribution in [0.5, 0.6) is 5.75 Å². The number of carbonyl (C=O) groups is 1. The molecule has 0 aliphatic carbocycles. The number of ether oxygens (including phenoxy) is 1. The van der Waals surface area contributed by atoms with E-state index >= 15 is 0 Å². The average Bonchev–Trinajstić information content (AvgIpc) is 2.52. The highest BCUT2D eigenvalue weighted by Crippen LogP contribution is 2.13. The van der Waals surface area contributed by atoms with E-state index in [-0.39, 0.29) is 6.04 Å². The summed E-state index contributed by atoms with van der Waals surface area (Å²) in [6.45, 7) is 5.45. The smallest absolute Gasteiger partial charge is 0.344 e. The molecule has 5 nitrogen and oxygen atoms in total. The van der Waals surface area contributed by atoms with Gasteiger partial charge in [0.2, 0.25) is 0 Å². The highest BCUT2D eigenvalue weighted by Gasteiger charge is 2.13. The molecule has 0 aliphatic heterocycles. The third-order valence-electron chi connectivity index (χ3n) is 1.77. The largest absolute Gasteiger partial charge is 0.479 e. The maximum atomic E-state index is 10.5. The molecule has 0 spiro atoms. The Hall–Kier alpha value is -1.52. The van der Waals surface area contributed by atoms with Crippen LogP contribution >= 0.6 is 0 Å². The highest BCUT2D eigenvalue weighted by molar-refractivity contribution is 5.72. The summed E-state index contributed by atoms with van der Waals surface area (Å²) < 4.78 is 6.84. The first-order valence-electron chi connectivity index (χ1n) is 4.44. The number of rotatable bonds is 4. The lowest BCUT2D eigenvalue weighted by Gasteiger charge is -2.07. The SMILES string of the molecule is CC(Oc1cnn(C(C)C)c1)C(=O)O. The van der Waals surface area contributed by atoms with Gasteiger partial charge in [0.25, 0.3) is 0 Å². The Morgan fingerprint density at radius 2 is 2.21 bits per heavy atom. The van der Waals surface area contributed by atoms with Gasteiger partial charge in [-0.15, -0.1) is 0 Å². The van der Waals surface area contributed by atoms with Crippen molar-refractivity contribution in [2.45, 2.75) is 32.9 Å². The van der Waals surface area contributed by atoms with E-state index in [2.05, 4.69) is 5.10 Å². The van der Waals surface area contributed by atoms with Crippen LogP contribution in [0.4, 0.5) is 0 Å². The van der Waals surface area contributed by atoms with E-state index in [0.29, 0.717) is 5.75 Å². The standard InChI is InChI=1S/C9H14N2O3/c1-6(2)11-5-8(4-10-11)14-7(3)9(12)13/h4-7H,1-3H3,(H,12,13). The van der Waals surface area contributed by atoms with Gasteiger partial charge in [-0.05, 0) is 20.8 Å². The minimum atomic E-state index is -0.984. The summed E-state index contributed by atoms with van der Waals surface area (Å²) in [6.07, 6.45) is 2.35. The second kappa shape index (κ2) is 4.13. The van der Waals surface area contributed by atoms with Crippen molar-refractivity contribution >= 4 is 5.97 Å². The van der Waals surface area contributed by atoms with E-state index in [9.17, 15) is 4.79 Å². The lowest BCUT2D eigenvalue weighted by atomic mass is 10.4. The van der Waals surface area contributed by atoms with E-state index in [1.165, 1.54) is 13.1 Å². The molecule has 0 aliphatic rings. The Labute approximate surface area is 82.3 Å². The molecule has 1 aromatic heterocycles. The van der Waals surface area contributed by atoms with Crippen LogP contribution in [0.15, 0.2) is 12.4 Å². The first-order chi connectivity index (χ1) is 6.50. The van der Waals surface area contributed by atoms with Crippen molar-refractivity contribution in [3.63, 3.8) is 0 Å². The molecule has 0 radical (unpaired) electrons. The molecule has 1 atom stereocenters. The molecule has 1 unspecified atom stereocenters. The van der Waals surface area contributed by atoms with Gasteiger partial charge in [0, 0.05) is 6.04 Å². The molecular formula is C9H14N2O3. The summed E-state index contributed by atoms with van der Waals surface area (Å²) in [6, 6.07) is 0.243. The van der Waals surface area contributed by atoms with Gasteiger partial charge in [0.1, 0.15) is 0 Å². The fourth-order valence-corrected chi connectivity index (χ4v) is 0.918. The van der Waals surface area contributed by atoms with Crippen LogP contribution in [-0.2, 0) is 4.79 Å².